The number of thioether (sulfide) groups is 1. The van der Waals surface area contributed by atoms with E-state index in [1.807, 2.05) is 32.0 Å². The van der Waals surface area contributed by atoms with E-state index in [1.165, 1.54) is 0 Å². The summed E-state index contributed by atoms with van der Waals surface area (Å²) >= 11 is 1.55. The number of aliphatic carboxylic acids is 1. The second kappa shape index (κ2) is 9.38. The van der Waals surface area contributed by atoms with Crippen LogP contribution in [0.3, 0.4) is 0 Å². The Labute approximate surface area is 205 Å². The van der Waals surface area contributed by atoms with Gasteiger partial charge < -0.3 is 20.0 Å². The molecule has 3 heterocycles. The minimum Gasteiger partial charge on any atom is -0.481 e. The van der Waals surface area contributed by atoms with Crippen molar-refractivity contribution < 1.29 is 24.6 Å². The molecule has 3 unspecified atom stereocenters. The van der Waals surface area contributed by atoms with Crippen molar-refractivity contribution in [2.24, 2.45) is 17.8 Å². The van der Waals surface area contributed by atoms with Crippen molar-refractivity contribution in [2.45, 2.75) is 56.1 Å². The standard InChI is InChI=1S/C26H34N2O5S/c1-5-11-27(21-15(2)9-8-10-16(21)3)24(31)22-26-17(4)14-18(34-26)19(25(32)33)20(26)23(30)28(22)12-6-7-13-29/h5,8-10,17-20,22,29H,1,6-7,11-14H2,2-4H3,(H,32,33)/t17?,18-,19+,20-,22?,26?/m0/s1. The molecule has 0 radical (unpaired) electrons. The van der Waals surface area contributed by atoms with Gasteiger partial charge in [0.1, 0.15) is 6.04 Å². The molecule has 3 aliphatic rings. The summed E-state index contributed by atoms with van der Waals surface area (Å²) in [7, 11) is 0. The molecule has 7 nitrogen and oxygen atoms in total. The molecule has 34 heavy (non-hydrogen) atoms. The van der Waals surface area contributed by atoms with Gasteiger partial charge in [0, 0.05) is 30.6 Å². The molecule has 184 valence electrons. The second-order valence-corrected chi connectivity index (χ2v) is 11.4. The number of para-hydroxylation sites is 1. The van der Waals surface area contributed by atoms with E-state index < -0.39 is 28.6 Å². The number of unbranched alkanes of at least 4 members (excludes halogenated alkanes) is 1. The maximum Gasteiger partial charge on any atom is 0.308 e. The van der Waals surface area contributed by atoms with E-state index in [0.717, 1.165) is 16.8 Å². The molecule has 1 aromatic carbocycles. The Morgan fingerprint density at radius 3 is 2.56 bits per heavy atom. The van der Waals surface area contributed by atoms with Crippen LogP contribution in [0.2, 0.25) is 0 Å². The lowest BCUT2D eigenvalue weighted by atomic mass is 9.66. The highest BCUT2D eigenvalue weighted by molar-refractivity contribution is 8.02. The Morgan fingerprint density at radius 2 is 1.97 bits per heavy atom. The third-order valence-corrected chi connectivity index (χ3v) is 9.94. The van der Waals surface area contributed by atoms with Gasteiger partial charge in [-0.3, -0.25) is 14.4 Å². The zero-order chi connectivity index (χ0) is 24.8. The van der Waals surface area contributed by atoms with Crippen LogP contribution in [0.5, 0.6) is 0 Å². The van der Waals surface area contributed by atoms with Gasteiger partial charge in [0.15, 0.2) is 0 Å². The topological polar surface area (TPSA) is 98.2 Å². The average Bonchev–Trinajstić information content (AvgIpc) is 3.37. The second-order valence-electron chi connectivity index (χ2n) is 9.83. The first-order valence-electron chi connectivity index (χ1n) is 12.0. The van der Waals surface area contributed by atoms with Crippen molar-refractivity contribution in [1.29, 1.82) is 0 Å². The number of aryl methyl sites for hydroxylation is 2. The van der Waals surface area contributed by atoms with Gasteiger partial charge in [0.2, 0.25) is 5.91 Å². The zero-order valence-corrected chi connectivity index (χ0v) is 20.9. The van der Waals surface area contributed by atoms with Gasteiger partial charge in [0.25, 0.3) is 5.91 Å². The first kappa shape index (κ1) is 24.8. The predicted molar refractivity (Wildman–Crippen MR) is 133 cm³/mol. The third-order valence-electron chi connectivity index (χ3n) is 7.86. The van der Waals surface area contributed by atoms with Crippen molar-refractivity contribution in [3.63, 3.8) is 0 Å². The van der Waals surface area contributed by atoms with E-state index in [2.05, 4.69) is 13.5 Å². The van der Waals surface area contributed by atoms with E-state index in [1.54, 1.807) is 27.6 Å². The highest BCUT2D eigenvalue weighted by Crippen LogP contribution is 2.68. The fourth-order valence-electron chi connectivity index (χ4n) is 6.51. The molecule has 1 spiro atoms. The minimum atomic E-state index is -0.953. The highest BCUT2D eigenvalue weighted by Gasteiger charge is 2.76. The molecule has 0 saturated carbocycles. The van der Waals surface area contributed by atoms with Crippen molar-refractivity contribution in [2.75, 3.05) is 24.6 Å². The molecule has 1 aromatic rings. The largest absolute Gasteiger partial charge is 0.481 e. The Morgan fingerprint density at radius 1 is 1.29 bits per heavy atom. The fourth-order valence-corrected chi connectivity index (χ4v) is 8.92. The summed E-state index contributed by atoms with van der Waals surface area (Å²) in [6, 6.07) is 5.13. The maximum atomic E-state index is 14.5. The summed E-state index contributed by atoms with van der Waals surface area (Å²) in [5, 5.41) is 19.2. The number of anilines is 1. The molecule has 3 fully saturated rings. The Kier molecular flexibility index (Phi) is 6.84. The van der Waals surface area contributed by atoms with Gasteiger partial charge in [-0.05, 0) is 50.2 Å². The monoisotopic (exact) mass is 486 g/mol. The zero-order valence-electron chi connectivity index (χ0n) is 20.1. The number of hydrogen-bond donors (Lipinski definition) is 2. The van der Waals surface area contributed by atoms with Crippen LogP contribution in [-0.2, 0) is 14.4 Å². The Bertz CT molecular complexity index is 993. The number of aliphatic hydroxyl groups is 1. The van der Waals surface area contributed by atoms with Crippen molar-refractivity contribution >= 4 is 35.2 Å². The molecule has 3 aliphatic heterocycles. The summed E-state index contributed by atoms with van der Waals surface area (Å²) in [6.45, 7) is 10.5. The summed E-state index contributed by atoms with van der Waals surface area (Å²) in [6.07, 6.45) is 3.45. The van der Waals surface area contributed by atoms with Crippen LogP contribution in [0.15, 0.2) is 30.9 Å². The van der Waals surface area contributed by atoms with Gasteiger partial charge in [-0.1, -0.05) is 31.2 Å². The van der Waals surface area contributed by atoms with Crippen LogP contribution in [-0.4, -0.2) is 68.6 Å². The lowest BCUT2D eigenvalue weighted by molar-refractivity contribution is -0.149. The molecule has 4 rings (SSSR count). The van der Waals surface area contributed by atoms with Gasteiger partial charge in [-0.2, -0.15) is 0 Å². The van der Waals surface area contributed by atoms with Crippen molar-refractivity contribution in [3.05, 3.63) is 42.0 Å². The van der Waals surface area contributed by atoms with Gasteiger partial charge >= 0.3 is 5.97 Å². The Hall–Kier alpha value is -2.32. The number of rotatable bonds is 9. The molecule has 2 N–H and O–H groups in total. The van der Waals surface area contributed by atoms with Gasteiger partial charge in [-0.25, -0.2) is 0 Å². The predicted octanol–water partition coefficient (Wildman–Crippen LogP) is 3.02. The lowest BCUT2D eigenvalue weighted by Crippen LogP contribution is -2.57. The molecule has 2 bridgehead atoms. The minimum absolute atomic E-state index is 0.00515. The number of carboxylic acid groups (broad SMARTS) is 1. The van der Waals surface area contributed by atoms with Crippen molar-refractivity contribution in [1.82, 2.24) is 4.90 Å². The number of carbonyl (C=O) groups excluding carboxylic acids is 2. The molecule has 6 atom stereocenters. The van der Waals surface area contributed by atoms with Crippen LogP contribution in [0.25, 0.3) is 0 Å². The molecule has 8 heteroatoms. The fraction of sp³-hybridized carbons (Fsp3) is 0.577. The van der Waals surface area contributed by atoms with E-state index in [9.17, 15) is 24.6 Å². The number of hydrogen-bond acceptors (Lipinski definition) is 5. The Balaban J connectivity index is 1.83. The third kappa shape index (κ3) is 3.57. The number of carboxylic acids is 1. The number of aliphatic hydroxyl groups excluding tert-OH is 1. The van der Waals surface area contributed by atoms with Gasteiger partial charge in [0.05, 0.1) is 16.6 Å². The summed E-state index contributed by atoms with van der Waals surface area (Å²) < 4.78 is -0.767. The van der Waals surface area contributed by atoms with Gasteiger partial charge in [-0.15, -0.1) is 18.3 Å². The molecule has 2 amide bonds. The number of nitrogens with zero attached hydrogens (tertiary/aromatic N) is 2. The maximum absolute atomic E-state index is 14.5. The van der Waals surface area contributed by atoms with Crippen LogP contribution < -0.4 is 4.90 Å². The average molecular weight is 487 g/mol. The van der Waals surface area contributed by atoms with E-state index >= 15 is 0 Å². The van der Waals surface area contributed by atoms with Crippen LogP contribution in [0, 0.1) is 31.6 Å². The van der Waals surface area contributed by atoms with Crippen LogP contribution in [0.1, 0.15) is 37.3 Å². The summed E-state index contributed by atoms with van der Waals surface area (Å²) in [5.41, 5.74) is 2.73. The molecular formula is C26H34N2O5S. The van der Waals surface area contributed by atoms with Crippen molar-refractivity contribution in [3.8, 4) is 0 Å². The van der Waals surface area contributed by atoms with E-state index in [-0.39, 0.29) is 29.6 Å². The normalized spacial score (nSPS) is 31.6. The number of amides is 2. The number of benzene rings is 1. The highest BCUT2D eigenvalue weighted by atomic mass is 32.2. The number of likely N-dealkylation sites (tertiary alicyclic amines) is 1. The first-order valence-corrected chi connectivity index (χ1v) is 12.9. The number of carbonyl (C=O) groups is 3. The van der Waals surface area contributed by atoms with E-state index in [0.29, 0.717) is 32.4 Å². The molecular weight excluding hydrogens is 452 g/mol. The molecule has 0 aromatic heterocycles. The quantitative estimate of drug-likeness (QED) is 0.411. The summed E-state index contributed by atoms with van der Waals surface area (Å²) in [4.78, 5) is 43.8. The summed E-state index contributed by atoms with van der Waals surface area (Å²) in [5.74, 6) is -2.82. The first-order chi connectivity index (χ1) is 16.2. The molecule has 0 aliphatic carbocycles. The van der Waals surface area contributed by atoms with Crippen LogP contribution in [0.4, 0.5) is 5.69 Å². The smallest absolute Gasteiger partial charge is 0.308 e. The van der Waals surface area contributed by atoms with Crippen LogP contribution >= 0.6 is 11.8 Å². The lowest BCUT2D eigenvalue weighted by Gasteiger charge is -2.40. The van der Waals surface area contributed by atoms with E-state index in [4.69, 9.17) is 0 Å². The molecule has 3 saturated heterocycles. The SMILES string of the molecule is C=CCN(C(=O)C1N(CCCCO)C(=O)[C@@H]2[C@H](C(=O)O)[C@@H]3CC(C)C12S3)c1c(C)cccc1C. The number of fused-ring (bicyclic) bond motifs is 1.